The summed E-state index contributed by atoms with van der Waals surface area (Å²) in [5.74, 6) is 2.47. The predicted octanol–water partition coefficient (Wildman–Crippen LogP) is 5.73. The highest BCUT2D eigenvalue weighted by atomic mass is 79.9. The van der Waals surface area contributed by atoms with Crippen LogP contribution in [0.5, 0.6) is 0 Å². The molecule has 1 aromatic carbocycles. The number of aromatic nitrogens is 2. The Morgan fingerprint density at radius 2 is 1.83 bits per heavy atom. The van der Waals surface area contributed by atoms with Crippen molar-refractivity contribution in [3.05, 3.63) is 39.5 Å². The van der Waals surface area contributed by atoms with Crippen molar-refractivity contribution in [2.45, 2.75) is 53.4 Å². The van der Waals surface area contributed by atoms with E-state index in [9.17, 15) is 4.79 Å². The maximum Gasteiger partial charge on any atom is 0.232 e. The highest BCUT2D eigenvalue weighted by Crippen LogP contribution is 2.34. The largest absolute Gasteiger partial charge is 0.355 e. The first-order valence-electron chi connectivity index (χ1n) is 10.0. The normalized spacial score (nSPS) is 14.2. The predicted molar refractivity (Wildman–Crippen MR) is 126 cm³/mol. The van der Waals surface area contributed by atoms with E-state index in [-0.39, 0.29) is 12.4 Å². The number of hydrogen-bond donors (Lipinski definition) is 0. The molecule has 29 heavy (non-hydrogen) atoms. The number of benzene rings is 1. The van der Waals surface area contributed by atoms with Gasteiger partial charge in [-0.25, -0.2) is 4.98 Å². The van der Waals surface area contributed by atoms with E-state index >= 15 is 0 Å². The third-order valence-corrected chi connectivity index (χ3v) is 6.09. The van der Waals surface area contributed by atoms with Gasteiger partial charge in [-0.1, -0.05) is 19.9 Å². The average Bonchev–Trinajstić information content (AvgIpc) is 2.66. The number of nitrogens with zero attached hydrogens (tertiary/aromatic N) is 4. The van der Waals surface area contributed by atoms with Crippen molar-refractivity contribution >= 4 is 51.6 Å². The van der Waals surface area contributed by atoms with E-state index in [1.54, 1.807) is 0 Å². The van der Waals surface area contributed by atoms with E-state index in [2.05, 4.69) is 71.6 Å². The third kappa shape index (κ3) is 5.10. The minimum Gasteiger partial charge on any atom is -0.355 e. The highest BCUT2D eigenvalue weighted by Gasteiger charge is 2.23. The van der Waals surface area contributed by atoms with Gasteiger partial charge >= 0.3 is 0 Å². The molecular formula is C22H30BrClN4O. The molecule has 1 fully saturated rings. The molecular weight excluding hydrogens is 452 g/mol. The fraction of sp³-hybridized carbons (Fsp3) is 0.500. The van der Waals surface area contributed by atoms with Crippen molar-refractivity contribution in [3.8, 4) is 0 Å². The van der Waals surface area contributed by atoms with E-state index in [0.29, 0.717) is 30.5 Å². The Balaban J connectivity index is 0.00000300. The summed E-state index contributed by atoms with van der Waals surface area (Å²) in [5, 5.41) is 0. The third-order valence-electron chi connectivity index (χ3n) is 5.46. The van der Waals surface area contributed by atoms with E-state index < -0.39 is 0 Å². The topological polar surface area (TPSA) is 49.3 Å². The van der Waals surface area contributed by atoms with Crippen molar-refractivity contribution in [3.63, 3.8) is 0 Å². The first-order chi connectivity index (χ1) is 13.3. The number of carbonyl (C=O) groups excluding carboxylic acids is 1. The molecule has 7 heteroatoms. The number of carbonyl (C=O) groups is 1. The van der Waals surface area contributed by atoms with Crippen LogP contribution in [0.15, 0.2) is 22.7 Å². The number of rotatable bonds is 5. The second-order valence-corrected chi connectivity index (χ2v) is 8.55. The number of anilines is 3. The molecule has 158 valence electrons. The monoisotopic (exact) mass is 480 g/mol. The average molecular weight is 482 g/mol. The summed E-state index contributed by atoms with van der Waals surface area (Å²) in [6, 6.07) is 6.49. The molecule has 0 saturated carbocycles. The zero-order valence-electron chi connectivity index (χ0n) is 17.8. The van der Waals surface area contributed by atoms with Crippen molar-refractivity contribution in [2.75, 3.05) is 29.4 Å². The van der Waals surface area contributed by atoms with Crippen LogP contribution in [0.1, 0.15) is 56.4 Å². The van der Waals surface area contributed by atoms with Gasteiger partial charge in [-0.05, 0) is 60.3 Å². The molecule has 0 amide bonds. The van der Waals surface area contributed by atoms with Gasteiger partial charge in [0, 0.05) is 48.2 Å². The molecule has 0 spiro atoms. The molecule has 1 saturated heterocycles. The molecule has 2 aromatic rings. The Morgan fingerprint density at radius 3 is 2.38 bits per heavy atom. The van der Waals surface area contributed by atoms with Crippen LogP contribution in [-0.2, 0) is 4.79 Å². The van der Waals surface area contributed by atoms with Crippen molar-refractivity contribution in [1.29, 1.82) is 0 Å². The molecule has 0 aliphatic carbocycles. The van der Waals surface area contributed by atoms with Gasteiger partial charge < -0.3 is 9.80 Å². The second-order valence-electron chi connectivity index (χ2n) is 7.69. The van der Waals surface area contributed by atoms with E-state index in [0.717, 1.165) is 46.9 Å². The number of hydrogen-bond acceptors (Lipinski definition) is 5. The quantitative estimate of drug-likeness (QED) is 0.546. The van der Waals surface area contributed by atoms with E-state index in [4.69, 9.17) is 9.97 Å². The van der Waals surface area contributed by atoms with Crippen LogP contribution in [0, 0.1) is 13.8 Å². The summed E-state index contributed by atoms with van der Waals surface area (Å²) in [7, 11) is 0. The van der Waals surface area contributed by atoms with Crippen LogP contribution in [-0.4, -0.2) is 35.4 Å². The van der Waals surface area contributed by atoms with Gasteiger partial charge in [0.25, 0.3) is 0 Å². The summed E-state index contributed by atoms with van der Waals surface area (Å²) in [4.78, 5) is 25.7. The number of halogens is 2. The lowest BCUT2D eigenvalue weighted by Gasteiger charge is -2.30. The lowest BCUT2D eigenvalue weighted by Crippen LogP contribution is -2.35. The van der Waals surface area contributed by atoms with Crippen LogP contribution in [0.4, 0.5) is 17.5 Å². The lowest BCUT2D eigenvalue weighted by molar-refractivity contribution is -0.119. The number of ketones is 1. The molecule has 0 atom stereocenters. The number of aryl methyl sites for hydroxylation is 1. The van der Waals surface area contributed by atoms with Gasteiger partial charge in [-0.2, -0.15) is 4.98 Å². The Hall–Kier alpha value is -1.66. The maximum atomic E-state index is 11.6. The molecule has 3 rings (SSSR count). The standard InChI is InChI=1S/C22H29BrN4O.ClH/c1-6-27(20-8-7-17(14(2)3)13-19(20)23)22-24-16(5)15(4)21(25-22)26-11-9-18(28)10-12-26;/h7-8,13-14H,6,9-12H2,1-5H3;1H. The van der Waals surface area contributed by atoms with Crippen LogP contribution >= 0.6 is 28.3 Å². The Bertz CT molecular complexity index is 877. The zero-order chi connectivity index (χ0) is 20.4. The van der Waals surface area contributed by atoms with E-state index in [1.807, 2.05) is 6.92 Å². The molecule has 5 nitrogen and oxygen atoms in total. The minimum atomic E-state index is 0. The summed E-state index contributed by atoms with van der Waals surface area (Å²) < 4.78 is 1.05. The molecule has 1 aliphatic rings. The summed E-state index contributed by atoms with van der Waals surface area (Å²) in [6.07, 6.45) is 1.19. The molecule has 0 radical (unpaired) electrons. The molecule has 2 heterocycles. The molecule has 0 bridgehead atoms. The van der Waals surface area contributed by atoms with Crippen LogP contribution in [0.3, 0.4) is 0 Å². The maximum absolute atomic E-state index is 11.6. The summed E-state index contributed by atoms with van der Waals surface area (Å²) in [5.41, 5.74) is 4.43. The molecule has 0 unspecified atom stereocenters. The summed E-state index contributed by atoms with van der Waals surface area (Å²) >= 11 is 3.74. The SMILES string of the molecule is CCN(c1nc(C)c(C)c(N2CCC(=O)CC2)n1)c1ccc(C(C)C)cc1Br.Cl. The molecule has 1 aromatic heterocycles. The summed E-state index contributed by atoms with van der Waals surface area (Å²) in [6.45, 7) is 12.8. The molecule has 1 aliphatic heterocycles. The number of piperidine rings is 1. The smallest absolute Gasteiger partial charge is 0.232 e. The van der Waals surface area contributed by atoms with Gasteiger partial charge in [0.15, 0.2) is 0 Å². The van der Waals surface area contributed by atoms with Gasteiger partial charge in [-0.15, -0.1) is 12.4 Å². The van der Waals surface area contributed by atoms with E-state index in [1.165, 1.54) is 5.56 Å². The van der Waals surface area contributed by atoms with Crippen LogP contribution < -0.4 is 9.80 Å². The van der Waals surface area contributed by atoms with Crippen LogP contribution in [0.25, 0.3) is 0 Å². The Morgan fingerprint density at radius 1 is 1.17 bits per heavy atom. The second kappa shape index (κ2) is 9.90. The fourth-order valence-electron chi connectivity index (χ4n) is 3.52. The fourth-order valence-corrected chi connectivity index (χ4v) is 4.13. The van der Waals surface area contributed by atoms with Crippen LogP contribution in [0.2, 0.25) is 0 Å². The Kier molecular flexibility index (Phi) is 8.06. The Labute approximate surface area is 188 Å². The van der Waals surface area contributed by atoms with Gasteiger partial charge in [0.05, 0.1) is 5.69 Å². The van der Waals surface area contributed by atoms with Crippen molar-refractivity contribution in [1.82, 2.24) is 9.97 Å². The first-order valence-corrected chi connectivity index (χ1v) is 10.8. The molecule has 0 N–H and O–H groups in total. The van der Waals surface area contributed by atoms with Gasteiger partial charge in [0.2, 0.25) is 5.95 Å². The lowest BCUT2D eigenvalue weighted by atomic mass is 10.0. The highest BCUT2D eigenvalue weighted by molar-refractivity contribution is 9.10. The minimum absolute atomic E-state index is 0. The van der Waals surface area contributed by atoms with Crippen molar-refractivity contribution < 1.29 is 4.79 Å². The first kappa shape index (κ1) is 23.6. The van der Waals surface area contributed by atoms with Gasteiger partial charge in [-0.3, -0.25) is 4.79 Å². The number of Topliss-reactive ketones (excluding diaryl/α,β-unsaturated/α-hetero) is 1. The zero-order valence-corrected chi connectivity index (χ0v) is 20.2. The van der Waals surface area contributed by atoms with Gasteiger partial charge in [0.1, 0.15) is 11.6 Å². The van der Waals surface area contributed by atoms with Crippen molar-refractivity contribution in [2.24, 2.45) is 0 Å².